The van der Waals surface area contributed by atoms with Crippen molar-refractivity contribution in [1.29, 1.82) is 0 Å². The lowest BCUT2D eigenvalue weighted by atomic mass is 9.99. The fourth-order valence-electron chi connectivity index (χ4n) is 2.37. The van der Waals surface area contributed by atoms with Crippen LogP contribution in [0.5, 0.6) is 0 Å². The minimum Gasteiger partial charge on any atom is -0.206 e. The molecule has 24 heavy (non-hydrogen) atoms. The molecule has 0 aliphatic rings. The molecule has 6 heteroatoms. The monoisotopic (exact) mass is 446 g/mol. The summed E-state index contributed by atoms with van der Waals surface area (Å²) in [7, 11) is 0. The van der Waals surface area contributed by atoms with E-state index in [0.29, 0.717) is 20.1 Å². The molecule has 0 spiro atoms. The Kier molecular flexibility index (Phi) is 5.16. The minimum atomic E-state index is -0.571. The standard InChI is InChI=1S/C18H8BrCl3F2/c19-9-1-4-17(23)13(5-9)12-8-18(24)14(7-16(12)22)11-6-10(20)2-3-15(11)21/h1-8H. The van der Waals surface area contributed by atoms with Crippen molar-refractivity contribution >= 4 is 50.7 Å². The summed E-state index contributed by atoms with van der Waals surface area (Å²) in [5.41, 5.74) is 1.09. The van der Waals surface area contributed by atoms with Gasteiger partial charge in [-0.05, 0) is 48.5 Å². The first kappa shape index (κ1) is 17.7. The summed E-state index contributed by atoms with van der Waals surface area (Å²) < 4.78 is 29.4. The first-order chi connectivity index (χ1) is 11.4. The van der Waals surface area contributed by atoms with Crippen molar-refractivity contribution in [1.82, 2.24) is 0 Å². The molecule has 0 aliphatic heterocycles. The minimum absolute atomic E-state index is 0.201. The molecule has 0 nitrogen and oxygen atoms in total. The second-order valence-electron chi connectivity index (χ2n) is 5.06. The predicted molar refractivity (Wildman–Crippen MR) is 100.0 cm³/mol. The van der Waals surface area contributed by atoms with Gasteiger partial charge in [-0.15, -0.1) is 0 Å². The zero-order valence-corrected chi connectivity index (χ0v) is 15.7. The lowest BCUT2D eigenvalue weighted by Crippen LogP contribution is -1.91. The molecule has 0 bridgehead atoms. The molecule has 3 rings (SSSR count). The highest BCUT2D eigenvalue weighted by atomic mass is 79.9. The Hall–Kier alpha value is -1.13. The van der Waals surface area contributed by atoms with Crippen LogP contribution in [0.15, 0.2) is 53.0 Å². The van der Waals surface area contributed by atoms with E-state index in [9.17, 15) is 8.78 Å². The topological polar surface area (TPSA) is 0 Å². The average molecular weight is 449 g/mol. The third-order valence-electron chi connectivity index (χ3n) is 3.49. The number of benzene rings is 3. The quantitative estimate of drug-likeness (QED) is 0.372. The summed E-state index contributed by atoms with van der Waals surface area (Å²) in [5.74, 6) is -1.06. The highest BCUT2D eigenvalue weighted by molar-refractivity contribution is 9.10. The zero-order chi connectivity index (χ0) is 17.4. The average Bonchev–Trinajstić information content (AvgIpc) is 2.54. The maximum Gasteiger partial charge on any atom is 0.131 e. The first-order valence-electron chi connectivity index (χ1n) is 6.76. The summed E-state index contributed by atoms with van der Waals surface area (Å²) in [4.78, 5) is 0. The van der Waals surface area contributed by atoms with Crippen LogP contribution in [0, 0.1) is 11.6 Å². The molecular weight excluding hydrogens is 440 g/mol. The molecular formula is C18H8BrCl3F2. The summed E-state index contributed by atoms with van der Waals surface area (Å²) in [5, 5.41) is 0.974. The molecule has 0 radical (unpaired) electrons. The Morgan fingerprint density at radius 1 is 0.625 bits per heavy atom. The van der Waals surface area contributed by atoms with Crippen LogP contribution in [0.2, 0.25) is 15.1 Å². The van der Waals surface area contributed by atoms with Gasteiger partial charge < -0.3 is 0 Å². The van der Waals surface area contributed by atoms with Crippen LogP contribution in [0.3, 0.4) is 0 Å². The van der Waals surface area contributed by atoms with Crippen molar-refractivity contribution < 1.29 is 8.78 Å². The number of hydrogen-bond acceptors (Lipinski definition) is 0. The Balaban J connectivity index is 2.20. The van der Waals surface area contributed by atoms with Gasteiger partial charge >= 0.3 is 0 Å². The summed E-state index contributed by atoms with van der Waals surface area (Å²) in [6, 6.07) is 11.7. The van der Waals surface area contributed by atoms with Crippen LogP contribution in [0.25, 0.3) is 22.3 Å². The van der Waals surface area contributed by atoms with Crippen LogP contribution >= 0.6 is 50.7 Å². The van der Waals surface area contributed by atoms with Gasteiger partial charge in [0.25, 0.3) is 0 Å². The third kappa shape index (κ3) is 3.45. The normalized spacial score (nSPS) is 10.9. The van der Waals surface area contributed by atoms with Crippen LogP contribution in [0.4, 0.5) is 8.78 Å². The Bertz CT molecular complexity index is 865. The Morgan fingerprint density at radius 3 is 2.04 bits per heavy atom. The van der Waals surface area contributed by atoms with E-state index in [1.54, 1.807) is 30.3 Å². The first-order valence-corrected chi connectivity index (χ1v) is 8.69. The van der Waals surface area contributed by atoms with E-state index in [0.717, 1.165) is 0 Å². The molecule has 0 saturated carbocycles. The molecule has 0 aliphatic carbocycles. The van der Waals surface area contributed by atoms with Crippen LogP contribution < -0.4 is 0 Å². The van der Waals surface area contributed by atoms with Crippen molar-refractivity contribution in [2.24, 2.45) is 0 Å². The van der Waals surface area contributed by atoms with Crippen molar-refractivity contribution in [3.8, 4) is 22.3 Å². The molecule has 0 amide bonds. The molecule has 0 saturated heterocycles. The lowest BCUT2D eigenvalue weighted by molar-refractivity contribution is 0.626. The Morgan fingerprint density at radius 2 is 1.29 bits per heavy atom. The zero-order valence-electron chi connectivity index (χ0n) is 11.9. The lowest BCUT2D eigenvalue weighted by Gasteiger charge is -2.12. The van der Waals surface area contributed by atoms with Crippen LogP contribution in [-0.4, -0.2) is 0 Å². The van der Waals surface area contributed by atoms with E-state index in [1.807, 2.05) is 0 Å². The van der Waals surface area contributed by atoms with Crippen molar-refractivity contribution in [2.45, 2.75) is 0 Å². The van der Waals surface area contributed by atoms with Gasteiger partial charge in [0.15, 0.2) is 0 Å². The smallest absolute Gasteiger partial charge is 0.131 e. The van der Waals surface area contributed by atoms with E-state index in [-0.39, 0.29) is 21.7 Å². The molecule has 3 aromatic rings. The molecule has 122 valence electrons. The summed E-state index contributed by atoms with van der Waals surface area (Å²) in [6.07, 6.45) is 0. The van der Waals surface area contributed by atoms with Gasteiger partial charge in [0, 0.05) is 41.8 Å². The van der Waals surface area contributed by atoms with E-state index < -0.39 is 11.6 Å². The van der Waals surface area contributed by atoms with E-state index >= 15 is 0 Å². The van der Waals surface area contributed by atoms with Gasteiger partial charge in [-0.25, -0.2) is 8.78 Å². The summed E-state index contributed by atoms with van der Waals surface area (Å²) >= 11 is 21.6. The van der Waals surface area contributed by atoms with Crippen molar-refractivity contribution in [3.05, 3.63) is 79.7 Å². The van der Waals surface area contributed by atoms with Gasteiger partial charge in [-0.2, -0.15) is 0 Å². The van der Waals surface area contributed by atoms with Crippen LogP contribution in [-0.2, 0) is 0 Å². The van der Waals surface area contributed by atoms with Gasteiger partial charge in [0.1, 0.15) is 11.6 Å². The highest BCUT2D eigenvalue weighted by Crippen LogP contribution is 2.39. The maximum absolute atomic E-state index is 14.7. The van der Waals surface area contributed by atoms with E-state index in [2.05, 4.69) is 15.9 Å². The highest BCUT2D eigenvalue weighted by Gasteiger charge is 2.16. The molecule has 0 N–H and O–H groups in total. The molecule has 0 fully saturated rings. The second-order valence-corrected chi connectivity index (χ2v) is 7.23. The SMILES string of the molecule is Fc1ccc(Br)cc1-c1cc(F)c(-c2cc(Cl)ccc2Cl)cc1Cl. The Labute approximate surface area is 161 Å². The fourth-order valence-corrected chi connectivity index (χ4v) is 3.39. The van der Waals surface area contributed by atoms with E-state index in [4.69, 9.17) is 34.8 Å². The number of hydrogen-bond donors (Lipinski definition) is 0. The predicted octanol–water partition coefficient (Wildman–Crippen LogP) is 8.02. The molecule has 0 aromatic heterocycles. The third-order valence-corrected chi connectivity index (χ3v) is 4.86. The van der Waals surface area contributed by atoms with Gasteiger partial charge in [0.2, 0.25) is 0 Å². The maximum atomic E-state index is 14.7. The van der Waals surface area contributed by atoms with E-state index in [1.165, 1.54) is 18.2 Å². The number of halogens is 6. The molecule has 3 aromatic carbocycles. The van der Waals surface area contributed by atoms with Gasteiger partial charge in [0.05, 0.1) is 0 Å². The fraction of sp³-hybridized carbons (Fsp3) is 0. The molecule has 0 atom stereocenters. The van der Waals surface area contributed by atoms with Gasteiger partial charge in [-0.3, -0.25) is 0 Å². The van der Waals surface area contributed by atoms with Gasteiger partial charge in [-0.1, -0.05) is 50.7 Å². The largest absolute Gasteiger partial charge is 0.206 e. The number of rotatable bonds is 2. The molecule has 0 heterocycles. The van der Waals surface area contributed by atoms with Crippen LogP contribution in [0.1, 0.15) is 0 Å². The second kappa shape index (κ2) is 7.01. The van der Waals surface area contributed by atoms with Crippen molar-refractivity contribution in [3.63, 3.8) is 0 Å². The molecule has 0 unspecified atom stereocenters. The summed E-state index contributed by atoms with van der Waals surface area (Å²) in [6.45, 7) is 0. The van der Waals surface area contributed by atoms with Crippen molar-refractivity contribution in [2.75, 3.05) is 0 Å².